The lowest BCUT2D eigenvalue weighted by Crippen LogP contribution is -2.01. The molecule has 1 aromatic carbocycles. The van der Waals surface area contributed by atoms with Crippen molar-refractivity contribution >= 4 is 5.97 Å². The van der Waals surface area contributed by atoms with Crippen LogP contribution in [0.15, 0.2) is 29.8 Å². The number of carbonyl (C=O) groups is 1. The highest BCUT2D eigenvalue weighted by Crippen LogP contribution is 2.16. The Morgan fingerprint density at radius 2 is 2.19 bits per heavy atom. The van der Waals surface area contributed by atoms with Gasteiger partial charge >= 0.3 is 5.97 Å². The first-order valence-corrected chi connectivity index (χ1v) is 4.79. The Morgan fingerprint density at radius 1 is 1.50 bits per heavy atom. The van der Waals surface area contributed by atoms with Gasteiger partial charge in [-0.05, 0) is 32.1 Å². The van der Waals surface area contributed by atoms with Gasteiger partial charge < -0.3 is 9.84 Å². The summed E-state index contributed by atoms with van der Waals surface area (Å²) in [6.07, 6.45) is 1.85. The molecule has 16 heavy (non-hydrogen) atoms. The van der Waals surface area contributed by atoms with E-state index in [4.69, 9.17) is 9.84 Å². The van der Waals surface area contributed by atoms with E-state index in [0.717, 1.165) is 11.6 Å². The van der Waals surface area contributed by atoms with Gasteiger partial charge in [-0.15, -0.1) is 0 Å². The van der Waals surface area contributed by atoms with E-state index >= 15 is 0 Å². The van der Waals surface area contributed by atoms with Crippen LogP contribution in [0.25, 0.3) is 0 Å². The van der Waals surface area contributed by atoms with Gasteiger partial charge in [-0.1, -0.05) is 5.57 Å². The number of carboxylic acid groups (broad SMARTS) is 1. The minimum Gasteiger partial charge on any atom is -0.489 e. The summed E-state index contributed by atoms with van der Waals surface area (Å²) in [6.45, 7) is 4.20. The quantitative estimate of drug-likeness (QED) is 0.800. The number of rotatable bonds is 4. The maximum Gasteiger partial charge on any atom is 0.338 e. The van der Waals surface area contributed by atoms with E-state index in [9.17, 15) is 9.18 Å². The fourth-order valence-corrected chi connectivity index (χ4v) is 1.06. The first kappa shape index (κ1) is 12.2. The largest absolute Gasteiger partial charge is 0.489 e. The number of allylic oxidation sites excluding steroid dienone is 1. The lowest BCUT2D eigenvalue weighted by atomic mass is 10.2. The van der Waals surface area contributed by atoms with Crippen molar-refractivity contribution in [2.24, 2.45) is 0 Å². The SMILES string of the molecule is CC(C)=CCOc1ccc(C(=O)O)c(F)c1. The molecule has 0 heterocycles. The monoisotopic (exact) mass is 224 g/mol. The molecule has 86 valence electrons. The maximum absolute atomic E-state index is 13.2. The molecule has 3 nitrogen and oxygen atoms in total. The van der Waals surface area contributed by atoms with E-state index in [1.807, 2.05) is 19.9 Å². The van der Waals surface area contributed by atoms with Crippen molar-refractivity contribution in [3.63, 3.8) is 0 Å². The normalized spacial score (nSPS) is 9.69. The van der Waals surface area contributed by atoms with Gasteiger partial charge in [0, 0.05) is 6.07 Å². The molecule has 0 aromatic heterocycles. The summed E-state index contributed by atoms with van der Waals surface area (Å²) >= 11 is 0. The van der Waals surface area contributed by atoms with Crippen LogP contribution in [0.4, 0.5) is 4.39 Å². The number of aromatic carboxylic acids is 1. The Kier molecular flexibility index (Phi) is 4.05. The Morgan fingerprint density at radius 3 is 2.69 bits per heavy atom. The van der Waals surface area contributed by atoms with Gasteiger partial charge in [-0.25, -0.2) is 9.18 Å². The zero-order chi connectivity index (χ0) is 12.1. The molecule has 0 saturated carbocycles. The topological polar surface area (TPSA) is 46.5 Å². The second-order valence-electron chi connectivity index (χ2n) is 3.54. The Labute approximate surface area is 93.2 Å². The van der Waals surface area contributed by atoms with Crippen LogP contribution >= 0.6 is 0 Å². The van der Waals surface area contributed by atoms with Gasteiger partial charge in [0.05, 0.1) is 5.56 Å². The summed E-state index contributed by atoms with van der Waals surface area (Å²) in [5.41, 5.74) is 0.747. The predicted molar refractivity (Wildman–Crippen MR) is 58.3 cm³/mol. The molecule has 0 aliphatic carbocycles. The number of halogens is 1. The average molecular weight is 224 g/mol. The van der Waals surface area contributed by atoms with Gasteiger partial charge in [0.2, 0.25) is 0 Å². The van der Waals surface area contributed by atoms with Crippen LogP contribution in [-0.4, -0.2) is 17.7 Å². The van der Waals surface area contributed by atoms with Crippen molar-refractivity contribution in [3.05, 3.63) is 41.2 Å². The number of ether oxygens (including phenoxy) is 1. The van der Waals surface area contributed by atoms with Crippen LogP contribution in [0.3, 0.4) is 0 Å². The van der Waals surface area contributed by atoms with Crippen molar-refractivity contribution in [3.8, 4) is 5.75 Å². The van der Waals surface area contributed by atoms with E-state index in [0.29, 0.717) is 12.4 Å². The second-order valence-corrected chi connectivity index (χ2v) is 3.54. The smallest absolute Gasteiger partial charge is 0.338 e. The third-order valence-electron chi connectivity index (χ3n) is 1.91. The average Bonchev–Trinajstić information content (AvgIpc) is 2.16. The van der Waals surface area contributed by atoms with Gasteiger partial charge in [0.1, 0.15) is 18.2 Å². The molecule has 0 radical (unpaired) electrons. The van der Waals surface area contributed by atoms with E-state index in [-0.39, 0.29) is 5.56 Å². The number of hydrogen-bond acceptors (Lipinski definition) is 2. The molecule has 1 N–H and O–H groups in total. The Balaban J connectivity index is 2.74. The van der Waals surface area contributed by atoms with Crippen molar-refractivity contribution in [1.82, 2.24) is 0 Å². The van der Waals surface area contributed by atoms with Gasteiger partial charge in [-0.3, -0.25) is 0 Å². The first-order chi connectivity index (χ1) is 7.50. The maximum atomic E-state index is 13.2. The van der Waals surface area contributed by atoms with E-state index < -0.39 is 11.8 Å². The number of carboxylic acids is 1. The minimum absolute atomic E-state index is 0.319. The van der Waals surface area contributed by atoms with Crippen LogP contribution < -0.4 is 4.74 Å². The zero-order valence-electron chi connectivity index (χ0n) is 9.16. The summed E-state index contributed by atoms with van der Waals surface area (Å²) in [5.74, 6) is -1.75. The summed E-state index contributed by atoms with van der Waals surface area (Å²) < 4.78 is 18.4. The first-order valence-electron chi connectivity index (χ1n) is 4.79. The molecule has 1 rings (SSSR count). The summed E-state index contributed by atoms with van der Waals surface area (Å²) in [6, 6.07) is 3.70. The fourth-order valence-electron chi connectivity index (χ4n) is 1.06. The molecule has 1 aromatic rings. The fraction of sp³-hybridized carbons (Fsp3) is 0.250. The van der Waals surface area contributed by atoms with Crippen LogP contribution in [0.1, 0.15) is 24.2 Å². The van der Waals surface area contributed by atoms with E-state index in [2.05, 4.69) is 0 Å². The zero-order valence-corrected chi connectivity index (χ0v) is 9.16. The molecule has 0 atom stereocenters. The highest BCUT2D eigenvalue weighted by atomic mass is 19.1. The molecule has 0 fully saturated rings. The molecule has 0 unspecified atom stereocenters. The van der Waals surface area contributed by atoms with Crippen molar-refractivity contribution < 1.29 is 19.0 Å². The molecular weight excluding hydrogens is 211 g/mol. The molecule has 0 saturated heterocycles. The predicted octanol–water partition coefficient (Wildman–Crippen LogP) is 2.87. The van der Waals surface area contributed by atoms with Crippen LogP contribution in [0.2, 0.25) is 0 Å². The number of benzene rings is 1. The molecule has 0 aliphatic rings. The Bertz CT molecular complexity index is 420. The van der Waals surface area contributed by atoms with Crippen molar-refractivity contribution in [2.45, 2.75) is 13.8 Å². The Hall–Kier alpha value is -1.84. The summed E-state index contributed by atoms with van der Waals surface area (Å²) in [4.78, 5) is 10.5. The minimum atomic E-state index is -1.28. The molecule has 0 spiro atoms. The lowest BCUT2D eigenvalue weighted by molar-refractivity contribution is 0.0692. The second kappa shape index (κ2) is 5.30. The molecule has 0 bridgehead atoms. The molecular formula is C12H13FO3. The molecule has 0 aliphatic heterocycles. The van der Waals surface area contributed by atoms with E-state index in [1.165, 1.54) is 12.1 Å². The van der Waals surface area contributed by atoms with Crippen LogP contribution in [0.5, 0.6) is 5.75 Å². The lowest BCUT2D eigenvalue weighted by Gasteiger charge is -2.04. The standard InChI is InChI=1S/C12H13FO3/c1-8(2)5-6-16-9-3-4-10(12(14)15)11(13)7-9/h3-5,7H,6H2,1-2H3,(H,14,15). The van der Waals surface area contributed by atoms with Crippen molar-refractivity contribution in [1.29, 1.82) is 0 Å². The van der Waals surface area contributed by atoms with E-state index in [1.54, 1.807) is 0 Å². The molecule has 0 amide bonds. The van der Waals surface area contributed by atoms with Crippen LogP contribution in [-0.2, 0) is 0 Å². The van der Waals surface area contributed by atoms with Crippen molar-refractivity contribution in [2.75, 3.05) is 6.61 Å². The highest BCUT2D eigenvalue weighted by Gasteiger charge is 2.10. The summed E-state index contributed by atoms with van der Waals surface area (Å²) in [5, 5.41) is 8.62. The third kappa shape index (κ3) is 3.38. The highest BCUT2D eigenvalue weighted by molar-refractivity contribution is 5.88. The summed E-state index contributed by atoms with van der Waals surface area (Å²) in [7, 11) is 0. The van der Waals surface area contributed by atoms with Crippen LogP contribution in [0, 0.1) is 5.82 Å². The van der Waals surface area contributed by atoms with Gasteiger partial charge in [0.15, 0.2) is 0 Å². The molecule has 4 heteroatoms. The van der Waals surface area contributed by atoms with Gasteiger partial charge in [-0.2, -0.15) is 0 Å². The van der Waals surface area contributed by atoms with Gasteiger partial charge in [0.25, 0.3) is 0 Å². The number of hydrogen-bond donors (Lipinski definition) is 1. The third-order valence-corrected chi connectivity index (χ3v) is 1.91.